The van der Waals surface area contributed by atoms with Gasteiger partial charge in [0, 0.05) is 65.9 Å². The molecule has 2 aromatic heterocycles. The molecule has 5 aromatic rings. The molecule has 0 fully saturated rings. The summed E-state index contributed by atoms with van der Waals surface area (Å²) in [6.45, 7) is 0. The third kappa shape index (κ3) is 5.14. The molecule has 0 saturated carbocycles. The van der Waals surface area contributed by atoms with Crippen LogP contribution >= 0.6 is 0 Å². The summed E-state index contributed by atoms with van der Waals surface area (Å²) in [5.41, 5.74) is 10.1. The summed E-state index contributed by atoms with van der Waals surface area (Å²) in [7, 11) is -0.814. The van der Waals surface area contributed by atoms with E-state index >= 15 is 0 Å². The number of nitrogen functional groups attached to an aromatic ring is 1. The van der Waals surface area contributed by atoms with Crippen molar-refractivity contribution in [2.75, 3.05) is 30.4 Å². The van der Waals surface area contributed by atoms with Gasteiger partial charge in [-0.05, 0) is 60.2 Å². The molecular formula is C30H26FN5O4S. The minimum atomic E-state index is -3.72. The monoisotopic (exact) mass is 571 g/mol. The number of fused-ring (bicyclic) bond motifs is 1. The lowest BCUT2D eigenvalue weighted by Crippen LogP contribution is -2.25. The number of halogens is 1. The molecule has 0 aliphatic rings. The molecule has 0 spiro atoms. The maximum absolute atomic E-state index is 13.7. The number of carbonyl (C=O) groups excluding carboxylic acids is 1. The first-order chi connectivity index (χ1) is 19.5. The zero-order chi connectivity index (χ0) is 29.5. The second-order valence-corrected chi connectivity index (χ2v) is 11.4. The minimum absolute atomic E-state index is 0.166. The van der Waals surface area contributed by atoms with Crippen LogP contribution in [0.5, 0.6) is 0 Å². The summed E-state index contributed by atoms with van der Waals surface area (Å²) in [4.78, 5) is 17.1. The molecule has 5 rings (SSSR count). The molecule has 208 valence electrons. The lowest BCUT2D eigenvalue weighted by molar-refractivity contribution is 0.0964. The molecule has 0 atom stereocenters. The van der Waals surface area contributed by atoms with E-state index in [4.69, 9.17) is 15.6 Å². The summed E-state index contributed by atoms with van der Waals surface area (Å²) in [5, 5.41) is 11.8. The largest absolute Gasteiger partial charge is 0.455 e. The first-order valence-corrected chi connectivity index (χ1v) is 14.3. The fourth-order valence-electron chi connectivity index (χ4n) is 4.57. The van der Waals surface area contributed by atoms with Crippen LogP contribution < -0.4 is 15.4 Å². The highest BCUT2D eigenvalue weighted by Gasteiger charge is 2.26. The zero-order valence-corrected chi connectivity index (χ0v) is 23.2. The van der Waals surface area contributed by atoms with Crippen LogP contribution in [-0.4, -0.2) is 45.4 Å². The molecule has 0 aliphatic carbocycles. The van der Waals surface area contributed by atoms with Gasteiger partial charge >= 0.3 is 0 Å². The van der Waals surface area contributed by atoms with Gasteiger partial charge in [0.15, 0.2) is 0 Å². The summed E-state index contributed by atoms with van der Waals surface area (Å²) in [6.07, 6.45) is 4.24. The molecule has 0 bridgehead atoms. The third-order valence-corrected chi connectivity index (χ3v) is 8.00. The minimum Gasteiger partial charge on any atom is -0.455 e. The number of rotatable bonds is 7. The predicted molar refractivity (Wildman–Crippen MR) is 158 cm³/mol. The topological polar surface area (TPSA) is 142 Å². The van der Waals surface area contributed by atoms with E-state index in [0.717, 1.165) is 10.6 Å². The van der Waals surface area contributed by atoms with Gasteiger partial charge < -0.3 is 15.5 Å². The van der Waals surface area contributed by atoms with E-state index in [1.807, 2.05) is 0 Å². The van der Waals surface area contributed by atoms with E-state index in [9.17, 15) is 17.6 Å². The quantitative estimate of drug-likeness (QED) is 0.184. The van der Waals surface area contributed by atoms with Gasteiger partial charge in [0.2, 0.25) is 10.0 Å². The average molecular weight is 572 g/mol. The summed E-state index contributed by atoms with van der Waals surface area (Å²) < 4.78 is 46.2. The van der Waals surface area contributed by atoms with Crippen LogP contribution in [0.1, 0.15) is 21.5 Å². The van der Waals surface area contributed by atoms with Gasteiger partial charge in [-0.15, -0.1) is 0 Å². The molecule has 0 saturated heterocycles. The van der Waals surface area contributed by atoms with Gasteiger partial charge in [-0.25, -0.2) is 12.8 Å². The number of hydrogen-bond acceptors (Lipinski definition) is 7. The third-order valence-electron chi connectivity index (χ3n) is 6.81. The van der Waals surface area contributed by atoms with E-state index < -0.39 is 21.7 Å². The summed E-state index contributed by atoms with van der Waals surface area (Å²) in [5.74, 6) is -0.667. The molecule has 11 heteroatoms. The standard InChI is InChI=1S/C30H26FN5O4S/c1-34-30(37)27-23-15-21(19-6-9-24(32)22(14-19)28(33)17-10-12-35-13-11-17)25(36(2)41(3,38)39)16-26(23)40-29(27)18-4-7-20(31)8-5-18/h4-16,33H,32H2,1-3H3,(H,34,37). The van der Waals surface area contributed by atoms with Crippen molar-refractivity contribution in [1.29, 1.82) is 5.41 Å². The highest BCUT2D eigenvalue weighted by atomic mass is 32.2. The van der Waals surface area contributed by atoms with E-state index in [2.05, 4.69) is 10.3 Å². The lowest BCUT2D eigenvalue weighted by atomic mass is 9.94. The highest BCUT2D eigenvalue weighted by Crippen LogP contribution is 2.42. The van der Waals surface area contributed by atoms with Crippen molar-refractivity contribution >= 4 is 44.0 Å². The van der Waals surface area contributed by atoms with Gasteiger partial charge in [-0.3, -0.25) is 19.5 Å². The summed E-state index contributed by atoms with van der Waals surface area (Å²) >= 11 is 0. The van der Waals surface area contributed by atoms with Gasteiger partial charge in [-0.2, -0.15) is 0 Å². The first-order valence-electron chi connectivity index (χ1n) is 12.4. The molecule has 1 amide bonds. The Hall–Kier alpha value is -5.03. The molecule has 3 aromatic carbocycles. The van der Waals surface area contributed by atoms with Crippen molar-refractivity contribution in [2.24, 2.45) is 0 Å². The Morgan fingerprint density at radius 3 is 2.32 bits per heavy atom. The van der Waals surface area contributed by atoms with E-state index in [1.54, 1.807) is 54.9 Å². The smallest absolute Gasteiger partial charge is 0.255 e. The number of hydrogen-bond donors (Lipinski definition) is 3. The Kier molecular flexibility index (Phi) is 7.06. The molecule has 41 heavy (non-hydrogen) atoms. The first kappa shape index (κ1) is 27.5. The molecule has 0 unspecified atom stereocenters. The zero-order valence-electron chi connectivity index (χ0n) is 22.4. The summed E-state index contributed by atoms with van der Waals surface area (Å²) in [6, 6.07) is 17.2. The van der Waals surface area contributed by atoms with Crippen LogP contribution in [0.2, 0.25) is 0 Å². The number of nitrogens with zero attached hydrogens (tertiary/aromatic N) is 2. The van der Waals surface area contributed by atoms with Crippen LogP contribution in [0.25, 0.3) is 33.4 Å². The number of carbonyl (C=O) groups is 1. The second kappa shape index (κ2) is 10.5. The van der Waals surface area contributed by atoms with Crippen molar-refractivity contribution in [3.63, 3.8) is 0 Å². The van der Waals surface area contributed by atoms with Crippen molar-refractivity contribution < 1.29 is 22.0 Å². The van der Waals surface area contributed by atoms with Gasteiger partial charge in [0.25, 0.3) is 5.91 Å². The Bertz CT molecular complexity index is 1920. The van der Waals surface area contributed by atoms with Crippen LogP contribution in [0.15, 0.2) is 83.5 Å². The Labute approximate surface area is 236 Å². The average Bonchev–Trinajstić information content (AvgIpc) is 3.34. The Morgan fingerprint density at radius 1 is 1.02 bits per heavy atom. The van der Waals surface area contributed by atoms with Crippen molar-refractivity contribution in [3.8, 4) is 22.5 Å². The molecule has 0 radical (unpaired) electrons. The van der Waals surface area contributed by atoms with Gasteiger partial charge in [0.1, 0.15) is 17.2 Å². The fraction of sp³-hybridized carbons (Fsp3) is 0.100. The number of nitrogens with two attached hydrogens (primary N) is 1. The molecule has 0 aliphatic heterocycles. The number of sulfonamides is 1. The molecular weight excluding hydrogens is 545 g/mol. The highest BCUT2D eigenvalue weighted by molar-refractivity contribution is 7.92. The maximum Gasteiger partial charge on any atom is 0.255 e. The molecule has 2 heterocycles. The molecule has 4 N–H and O–H groups in total. The van der Waals surface area contributed by atoms with Crippen LogP contribution in [-0.2, 0) is 10.0 Å². The Morgan fingerprint density at radius 2 is 1.68 bits per heavy atom. The van der Waals surface area contributed by atoms with Crippen LogP contribution in [0, 0.1) is 11.2 Å². The number of pyridine rings is 1. The number of furan rings is 1. The lowest BCUT2D eigenvalue weighted by Gasteiger charge is -2.21. The van der Waals surface area contributed by atoms with E-state index in [0.29, 0.717) is 38.9 Å². The number of aromatic nitrogens is 1. The normalized spacial score (nSPS) is 11.4. The predicted octanol–water partition coefficient (Wildman–Crippen LogP) is 5.05. The van der Waals surface area contributed by atoms with Crippen molar-refractivity contribution in [3.05, 3.63) is 102 Å². The number of amides is 1. The van der Waals surface area contributed by atoms with Crippen LogP contribution in [0.3, 0.4) is 0 Å². The van der Waals surface area contributed by atoms with E-state index in [-0.39, 0.29) is 28.3 Å². The SMILES string of the molecule is CNC(=O)c1c(-c2ccc(F)cc2)oc2cc(N(C)S(C)(=O)=O)c(-c3ccc(N)c(C(=N)c4ccncc4)c3)cc12. The number of anilines is 2. The van der Waals surface area contributed by atoms with Crippen LogP contribution in [0.4, 0.5) is 15.8 Å². The Balaban J connectivity index is 1.80. The van der Waals surface area contributed by atoms with Crippen molar-refractivity contribution in [1.82, 2.24) is 10.3 Å². The maximum atomic E-state index is 13.7. The fourth-order valence-corrected chi connectivity index (χ4v) is 5.08. The van der Waals surface area contributed by atoms with Gasteiger partial charge in [-0.1, -0.05) is 6.07 Å². The second-order valence-electron chi connectivity index (χ2n) is 9.40. The number of benzene rings is 3. The van der Waals surface area contributed by atoms with Crippen molar-refractivity contribution in [2.45, 2.75) is 0 Å². The van der Waals surface area contributed by atoms with E-state index in [1.165, 1.54) is 38.4 Å². The number of nitrogens with one attached hydrogen (secondary N) is 2. The van der Waals surface area contributed by atoms with Gasteiger partial charge in [0.05, 0.1) is 23.2 Å². The molecule has 9 nitrogen and oxygen atoms in total.